The Balaban J connectivity index is 2.16. The standard InChI is InChI=1S/C12H9N3O/c1-7-11(15-12(16)13-7)10-6-8-4-2-3-5-9(8)14-10/h2-6,14H,1H2,(H,13,16). The first-order valence-corrected chi connectivity index (χ1v) is 4.91. The molecule has 0 saturated heterocycles. The van der Waals surface area contributed by atoms with E-state index in [0.29, 0.717) is 11.4 Å². The van der Waals surface area contributed by atoms with Gasteiger partial charge in [0, 0.05) is 10.9 Å². The minimum Gasteiger partial charge on any atom is -0.353 e. The molecule has 4 heteroatoms. The molecule has 1 aliphatic rings. The number of nitrogens with one attached hydrogen (secondary N) is 2. The first kappa shape index (κ1) is 8.91. The fourth-order valence-corrected chi connectivity index (χ4v) is 1.81. The van der Waals surface area contributed by atoms with Gasteiger partial charge in [0.2, 0.25) is 0 Å². The Morgan fingerprint density at radius 1 is 1.25 bits per heavy atom. The number of carbonyl (C=O) groups is 1. The molecular weight excluding hydrogens is 202 g/mol. The number of aromatic nitrogens is 1. The fraction of sp³-hybridized carbons (Fsp3) is 0. The van der Waals surface area contributed by atoms with Crippen molar-refractivity contribution < 1.29 is 4.79 Å². The predicted octanol–water partition coefficient (Wildman–Crippen LogP) is 2.19. The van der Waals surface area contributed by atoms with Crippen LogP contribution in [0.1, 0.15) is 5.69 Å². The SMILES string of the molecule is C=C1NC(=O)N=C1c1cc2ccccc2[nH]1. The van der Waals surface area contributed by atoms with E-state index in [-0.39, 0.29) is 6.03 Å². The number of allylic oxidation sites excluding steroid dienone is 1. The van der Waals surface area contributed by atoms with E-state index in [0.717, 1.165) is 16.6 Å². The van der Waals surface area contributed by atoms with Gasteiger partial charge in [-0.1, -0.05) is 24.8 Å². The number of benzene rings is 1. The summed E-state index contributed by atoms with van der Waals surface area (Å²) in [4.78, 5) is 18.2. The van der Waals surface area contributed by atoms with Crippen molar-refractivity contribution in [3.05, 3.63) is 48.3 Å². The Labute approximate surface area is 91.7 Å². The minimum absolute atomic E-state index is 0.362. The molecule has 3 rings (SSSR count). The molecule has 1 aromatic heterocycles. The Morgan fingerprint density at radius 3 is 2.75 bits per heavy atom. The summed E-state index contributed by atoms with van der Waals surface area (Å²) >= 11 is 0. The zero-order valence-corrected chi connectivity index (χ0v) is 8.45. The average molecular weight is 211 g/mol. The van der Waals surface area contributed by atoms with Gasteiger partial charge in [0.15, 0.2) is 0 Å². The highest BCUT2D eigenvalue weighted by atomic mass is 16.2. The highest BCUT2D eigenvalue weighted by molar-refractivity contribution is 6.21. The van der Waals surface area contributed by atoms with Crippen molar-refractivity contribution in [3.63, 3.8) is 0 Å². The number of rotatable bonds is 1. The van der Waals surface area contributed by atoms with Gasteiger partial charge in [-0.3, -0.25) is 0 Å². The Bertz CT molecular complexity index is 604. The highest BCUT2D eigenvalue weighted by Gasteiger charge is 2.20. The van der Waals surface area contributed by atoms with Crippen molar-refractivity contribution in [1.29, 1.82) is 0 Å². The van der Waals surface area contributed by atoms with Crippen molar-refractivity contribution in [2.45, 2.75) is 0 Å². The molecule has 16 heavy (non-hydrogen) atoms. The van der Waals surface area contributed by atoms with Crippen LogP contribution < -0.4 is 5.32 Å². The number of urea groups is 1. The third-order valence-electron chi connectivity index (χ3n) is 2.54. The lowest BCUT2D eigenvalue weighted by molar-refractivity contribution is 0.253. The van der Waals surface area contributed by atoms with Crippen LogP contribution in [-0.4, -0.2) is 16.7 Å². The molecule has 1 aliphatic heterocycles. The normalized spacial score (nSPS) is 15.4. The van der Waals surface area contributed by atoms with Crippen molar-refractivity contribution >= 4 is 22.6 Å². The number of fused-ring (bicyclic) bond motifs is 1. The maximum Gasteiger partial charge on any atom is 0.346 e. The number of hydrogen-bond acceptors (Lipinski definition) is 1. The summed E-state index contributed by atoms with van der Waals surface area (Å²) in [6, 6.07) is 9.50. The summed E-state index contributed by atoms with van der Waals surface area (Å²) < 4.78 is 0. The second-order valence-electron chi connectivity index (χ2n) is 3.64. The molecule has 2 heterocycles. The van der Waals surface area contributed by atoms with E-state index in [2.05, 4.69) is 21.9 Å². The topological polar surface area (TPSA) is 57.2 Å². The molecule has 2 N–H and O–H groups in total. The number of H-pyrrole nitrogens is 1. The molecule has 2 aromatic rings. The van der Waals surface area contributed by atoms with Crippen LogP contribution in [0.15, 0.2) is 47.6 Å². The van der Waals surface area contributed by atoms with Crippen LogP contribution in [-0.2, 0) is 0 Å². The average Bonchev–Trinajstić information content (AvgIpc) is 2.81. The van der Waals surface area contributed by atoms with Gasteiger partial charge in [-0.05, 0) is 12.1 Å². The van der Waals surface area contributed by atoms with E-state index in [1.165, 1.54) is 0 Å². The Hall–Kier alpha value is -2.36. The van der Waals surface area contributed by atoms with Gasteiger partial charge in [-0.15, -0.1) is 0 Å². The van der Waals surface area contributed by atoms with Crippen LogP contribution >= 0.6 is 0 Å². The quantitative estimate of drug-likeness (QED) is 0.746. The fourth-order valence-electron chi connectivity index (χ4n) is 1.81. The van der Waals surface area contributed by atoms with E-state index in [1.54, 1.807) is 0 Å². The molecular formula is C12H9N3O. The molecule has 1 aromatic carbocycles. The van der Waals surface area contributed by atoms with Crippen LogP contribution in [0.4, 0.5) is 4.79 Å². The summed E-state index contributed by atoms with van der Waals surface area (Å²) in [6.45, 7) is 3.75. The molecule has 78 valence electrons. The number of hydrogen-bond donors (Lipinski definition) is 2. The van der Waals surface area contributed by atoms with E-state index in [9.17, 15) is 4.79 Å². The zero-order valence-electron chi connectivity index (χ0n) is 8.45. The predicted molar refractivity (Wildman–Crippen MR) is 62.5 cm³/mol. The van der Waals surface area contributed by atoms with E-state index < -0.39 is 0 Å². The molecule has 0 radical (unpaired) electrons. The van der Waals surface area contributed by atoms with Crippen LogP contribution in [0.25, 0.3) is 10.9 Å². The second-order valence-corrected chi connectivity index (χ2v) is 3.64. The monoisotopic (exact) mass is 211 g/mol. The van der Waals surface area contributed by atoms with Crippen LogP contribution in [0.3, 0.4) is 0 Å². The third-order valence-corrected chi connectivity index (χ3v) is 2.54. The Morgan fingerprint density at radius 2 is 2.06 bits per heavy atom. The van der Waals surface area contributed by atoms with E-state index in [1.807, 2.05) is 30.3 Å². The molecule has 0 atom stereocenters. The van der Waals surface area contributed by atoms with Crippen molar-refractivity contribution in [3.8, 4) is 0 Å². The van der Waals surface area contributed by atoms with Gasteiger partial charge in [0.05, 0.1) is 11.4 Å². The molecule has 0 aliphatic carbocycles. The highest BCUT2D eigenvalue weighted by Crippen LogP contribution is 2.18. The number of carbonyl (C=O) groups excluding carboxylic acids is 1. The van der Waals surface area contributed by atoms with Gasteiger partial charge >= 0.3 is 6.03 Å². The van der Waals surface area contributed by atoms with Gasteiger partial charge in [0.1, 0.15) is 5.71 Å². The maximum absolute atomic E-state index is 11.1. The lowest BCUT2D eigenvalue weighted by Crippen LogP contribution is -2.13. The molecule has 2 amide bonds. The lowest BCUT2D eigenvalue weighted by Gasteiger charge is -1.96. The van der Waals surface area contributed by atoms with Crippen LogP contribution in [0.5, 0.6) is 0 Å². The summed E-state index contributed by atoms with van der Waals surface area (Å²) in [5.41, 5.74) is 2.95. The van der Waals surface area contributed by atoms with Gasteiger partial charge in [-0.2, -0.15) is 4.99 Å². The molecule has 0 spiro atoms. The van der Waals surface area contributed by atoms with Gasteiger partial charge in [0.25, 0.3) is 0 Å². The van der Waals surface area contributed by atoms with Crippen molar-refractivity contribution in [2.75, 3.05) is 0 Å². The first-order chi connectivity index (χ1) is 7.74. The summed E-state index contributed by atoms with van der Waals surface area (Å²) in [5.74, 6) is 0. The summed E-state index contributed by atoms with van der Waals surface area (Å²) in [5, 5.41) is 3.64. The Kier molecular flexibility index (Phi) is 1.71. The smallest absolute Gasteiger partial charge is 0.346 e. The van der Waals surface area contributed by atoms with E-state index >= 15 is 0 Å². The molecule has 4 nitrogen and oxygen atoms in total. The van der Waals surface area contributed by atoms with E-state index in [4.69, 9.17) is 0 Å². The number of amides is 2. The molecule has 0 unspecified atom stereocenters. The molecule has 0 saturated carbocycles. The third kappa shape index (κ3) is 1.24. The number of para-hydroxylation sites is 1. The van der Waals surface area contributed by atoms with Gasteiger partial charge in [-0.25, -0.2) is 4.79 Å². The summed E-state index contributed by atoms with van der Waals surface area (Å²) in [7, 11) is 0. The number of nitrogens with zero attached hydrogens (tertiary/aromatic N) is 1. The maximum atomic E-state index is 11.1. The van der Waals surface area contributed by atoms with Crippen LogP contribution in [0, 0.1) is 0 Å². The number of aliphatic imine (C=N–C) groups is 1. The van der Waals surface area contributed by atoms with Gasteiger partial charge < -0.3 is 10.3 Å². The lowest BCUT2D eigenvalue weighted by atomic mass is 10.2. The number of aromatic amines is 1. The minimum atomic E-state index is -0.362. The summed E-state index contributed by atoms with van der Waals surface area (Å²) in [6.07, 6.45) is 0. The molecule has 0 bridgehead atoms. The molecule has 0 fully saturated rings. The van der Waals surface area contributed by atoms with Crippen molar-refractivity contribution in [1.82, 2.24) is 10.3 Å². The largest absolute Gasteiger partial charge is 0.353 e. The van der Waals surface area contributed by atoms with Crippen molar-refractivity contribution in [2.24, 2.45) is 4.99 Å². The van der Waals surface area contributed by atoms with Crippen LogP contribution in [0.2, 0.25) is 0 Å². The second kappa shape index (κ2) is 3.06. The first-order valence-electron chi connectivity index (χ1n) is 4.91. The zero-order chi connectivity index (χ0) is 11.1.